The molecule has 5 heteroatoms. The van der Waals surface area contributed by atoms with Gasteiger partial charge in [0, 0.05) is 19.0 Å². The quantitative estimate of drug-likeness (QED) is 0.527. The van der Waals surface area contributed by atoms with Crippen molar-refractivity contribution in [1.29, 1.82) is 0 Å². The molecule has 0 heterocycles. The molecule has 0 aliphatic rings. The molecule has 0 saturated heterocycles. The van der Waals surface area contributed by atoms with Gasteiger partial charge in [0.05, 0.1) is 0 Å². The molecule has 0 spiro atoms. The number of amides is 2. The molecule has 86 valence electrons. The molecule has 0 fully saturated rings. The molecule has 16 heavy (non-hydrogen) atoms. The molecule has 0 radical (unpaired) electrons. The fourth-order valence-corrected chi connectivity index (χ4v) is 1.35. The van der Waals surface area contributed by atoms with E-state index in [1.165, 1.54) is 6.92 Å². The zero-order chi connectivity index (χ0) is 12.0. The first-order valence-electron chi connectivity index (χ1n) is 4.92. The van der Waals surface area contributed by atoms with E-state index in [1.54, 1.807) is 17.6 Å². The molecule has 0 bridgehead atoms. The van der Waals surface area contributed by atoms with Gasteiger partial charge < -0.3 is 5.32 Å². The number of rotatable bonds is 4. The Hall–Kier alpha value is -1.88. The second-order valence-corrected chi connectivity index (χ2v) is 3.37. The highest BCUT2D eigenvalue weighted by Gasteiger charge is 2.05. The summed E-state index contributed by atoms with van der Waals surface area (Å²) in [5.41, 5.74) is 3.13. The molecule has 5 nitrogen and oxygen atoms in total. The number of aryl methyl sites for hydroxylation is 1. The highest BCUT2D eigenvalue weighted by atomic mass is 16.5. The molecule has 0 aromatic heterocycles. The van der Waals surface area contributed by atoms with Crippen molar-refractivity contribution in [3.8, 4) is 0 Å². The molecule has 0 unspecified atom stereocenters. The van der Waals surface area contributed by atoms with Crippen molar-refractivity contribution < 1.29 is 14.8 Å². The van der Waals surface area contributed by atoms with Crippen molar-refractivity contribution in [2.24, 2.45) is 0 Å². The molecule has 0 atom stereocenters. The SMILES string of the molecule is CC(=O)Nc1ccccc1CCC(=O)NO. The third-order valence-corrected chi connectivity index (χ3v) is 2.07. The maximum Gasteiger partial charge on any atom is 0.243 e. The van der Waals surface area contributed by atoms with Crippen molar-refractivity contribution in [3.63, 3.8) is 0 Å². The Bertz CT molecular complexity index is 391. The van der Waals surface area contributed by atoms with E-state index >= 15 is 0 Å². The minimum Gasteiger partial charge on any atom is -0.326 e. The number of para-hydroxylation sites is 1. The van der Waals surface area contributed by atoms with Crippen LogP contribution >= 0.6 is 0 Å². The summed E-state index contributed by atoms with van der Waals surface area (Å²) in [5, 5.41) is 11.0. The lowest BCUT2D eigenvalue weighted by Gasteiger charge is -2.08. The standard InChI is InChI=1S/C11H14N2O3/c1-8(14)12-10-5-3-2-4-9(10)6-7-11(15)13-16/h2-5,16H,6-7H2,1H3,(H,12,14)(H,13,15). The van der Waals surface area contributed by atoms with Gasteiger partial charge >= 0.3 is 0 Å². The smallest absolute Gasteiger partial charge is 0.243 e. The van der Waals surface area contributed by atoms with E-state index in [0.29, 0.717) is 12.1 Å². The first-order chi connectivity index (χ1) is 7.63. The average Bonchev–Trinajstić information content (AvgIpc) is 2.26. The van der Waals surface area contributed by atoms with Crippen LogP contribution in [0.15, 0.2) is 24.3 Å². The first-order valence-corrected chi connectivity index (χ1v) is 4.92. The first kappa shape index (κ1) is 12.2. The fourth-order valence-electron chi connectivity index (χ4n) is 1.35. The van der Waals surface area contributed by atoms with Crippen LogP contribution in [0, 0.1) is 0 Å². The fraction of sp³-hybridized carbons (Fsp3) is 0.273. The van der Waals surface area contributed by atoms with Gasteiger partial charge in [-0.3, -0.25) is 14.8 Å². The number of carbonyl (C=O) groups excluding carboxylic acids is 2. The molecular weight excluding hydrogens is 208 g/mol. The Morgan fingerprint density at radius 3 is 2.62 bits per heavy atom. The third-order valence-electron chi connectivity index (χ3n) is 2.07. The summed E-state index contributed by atoms with van der Waals surface area (Å²) in [5.74, 6) is -0.600. The molecular formula is C11H14N2O3. The molecule has 2 amide bonds. The van der Waals surface area contributed by atoms with E-state index < -0.39 is 5.91 Å². The Morgan fingerprint density at radius 1 is 1.31 bits per heavy atom. The summed E-state index contributed by atoms with van der Waals surface area (Å²) in [4.78, 5) is 21.8. The van der Waals surface area contributed by atoms with Gasteiger partial charge in [-0.05, 0) is 18.1 Å². The maximum atomic E-state index is 10.9. The molecule has 1 aromatic carbocycles. The van der Waals surface area contributed by atoms with Crippen LogP contribution in [0.3, 0.4) is 0 Å². The van der Waals surface area contributed by atoms with Gasteiger partial charge in [0.2, 0.25) is 11.8 Å². The number of benzene rings is 1. The zero-order valence-electron chi connectivity index (χ0n) is 8.99. The van der Waals surface area contributed by atoms with Crippen LogP contribution in [0.5, 0.6) is 0 Å². The van der Waals surface area contributed by atoms with E-state index in [9.17, 15) is 9.59 Å². The Balaban J connectivity index is 2.70. The predicted molar refractivity (Wildman–Crippen MR) is 59.0 cm³/mol. The van der Waals surface area contributed by atoms with E-state index in [1.807, 2.05) is 12.1 Å². The van der Waals surface area contributed by atoms with Crippen LogP contribution < -0.4 is 10.8 Å². The lowest BCUT2D eigenvalue weighted by Crippen LogP contribution is -2.19. The highest BCUT2D eigenvalue weighted by Crippen LogP contribution is 2.16. The minimum atomic E-state index is -0.447. The normalized spacial score (nSPS) is 9.62. The van der Waals surface area contributed by atoms with Crippen LogP contribution in [0.4, 0.5) is 5.69 Å². The molecule has 1 aromatic rings. The molecule has 1 rings (SSSR count). The number of hydrogen-bond acceptors (Lipinski definition) is 3. The van der Waals surface area contributed by atoms with Crippen LogP contribution in [0.2, 0.25) is 0 Å². The molecule has 3 N–H and O–H groups in total. The third kappa shape index (κ3) is 3.70. The number of hydrogen-bond donors (Lipinski definition) is 3. The van der Waals surface area contributed by atoms with Gasteiger partial charge in [0.25, 0.3) is 0 Å². The number of anilines is 1. The Kier molecular flexibility index (Phi) is 4.47. The van der Waals surface area contributed by atoms with Crippen LogP contribution in [0.25, 0.3) is 0 Å². The molecule has 0 aliphatic heterocycles. The molecule has 0 aliphatic carbocycles. The van der Waals surface area contributed by atoms with E-state index in [-0.39, 0.29) is 12.3 Å². The van der Waals surface area contributed by atoms with Gasteiger partial charge in [0.15, 0.2) is 0 Å². The van der Waals surface area contributed by atoms with Crippen molar-refractivity contribution >= 4 is 17.5 Å². The van der Waals surface area contributed by atoms with Crippen LogP contribution in [0.1, 0.15) is 18.9 Å². The van der Waals surface area contributed by atoms with Gasteiger partial charge in [-0.1, -0.05) is 18.2 Å². The van der Waals surface area contributed by atoms with Crippen molar-refractivity contribution in [3.05, 3.63) is 29.8 Å². The monoisotopic (exact) mass is 222 g/mol. The van der Waals surface area contributed by atoms with E-state index in [4.69, 9.17) is 5.21 Å². The van der Waals surface area contributed by atoms with Gasteiger partial charge in [0.1, 0.15) is 0 Å². The Labute approximate surface area is 93.4 Å². The number of hydroxylamine groups is 1. The number of carbonyl (C=O) groups is 2. The topological polar surface area (TPSA) is 78.4 Å². The lowest BCUT2D eigenvalue weighted by atomic mass is 10.1. The van der Waals surface area contributed by atoms with Gasteiger partial charge in [-0.2, -0.15) is 0 Å². The minimum absolute atomic E-state index is 0.154. The average molecular weight is 222 g/mol. The van der Waals surface area contributed by atoms with E-state index in [0.717, 1.165) is 5.56 Å². The Morgan fingerprint density at radius 2 is 2.00 bits per heavy atom. The highest BCUT2D eigenvalue weighted by molar-refractivity contribution is 5.89. The van der Waals surface area contributed by atoms with Gasteiger partial charge in [-0.15, -0.1) is 0 Å². The zero-order valence-corrected chi connectivity index (χ0v) is 8.99. The van der Waals surface area contributed by atoms with Crippen LogP contribution in [-0.4, -0.2) is 17.0 Å². The summed E-state index contributed by atoms with van der Waals surface area (Å²) in [7, 11) is 0. The summed E-state index contributed by atoms with van der Waals surface area (Å²) in [6.45, 7) is 1.43. The summed E-state index contributed by atoms with van der Waals surface area (Å²) >= 11 is 0. The summed E-state index contributed by atoms with van der Waals surface area (Å²) in [6, 6.07) is 7.24. The predicted octanol–water partition coefficient (Wildman–Crippen LogP) is 1.08. The van der Waals surface area contributed by atoms with Gasteiger partial charge in [-0.25, -0.2) is 5.48 Å². The van der Waals surface area contributed by atoms with Crippen molar-refractivity contribution in [2.75, 3.05) is 5.32 Å². The largest absolute Gasteiger partial charge is 0.326 e. The van der Waals surface area contributed by atoms with Crippen molar-refractivity contribution in [2.45, 2.75) is 19.8 Å². The lowest BCUT2D eigenvalue weighted by molar-refractivity contribution is -0.129. The number of nitrogens with one attached hydrogen (secondary N) is 2. The summed E-state index contributed by atoms with van der Waals surface area (Å²) in [6.07, 6.45) is 0.635. The second kappa shape index (κ2) is 5.87. The summed E-state index contributed by atoms with van der Waals surface area (Å²) < 4.78 is 0. The second-order valence-electron chi connectivity index (χ2n) is 3.37. The molecule has 0 saturated carbocycles. The maximum absolute atomic E-state index is 10.9. The van der Waals surface area contributed by atoms with Crippen molar-refractivity contribution in [1.82, 2.24) is 5.48 Å². The van der Waals surface area contributed by atoms with Crippen LogP contribution in [-0.2, 0) is 16.0 Å². The van der Waals surface area contributed by atoms with E-state index in [2.05, 4.69) is 5.32 Å².